The van der Waals surface area contributed by atoms with Crippen molar-refractivity contribution in [2.75, 3.05) is 32.1 Å². The number of ether oxygens (including phenoxy) is 1. The van der Waals surface area contributed by atoms with Gasteiger partial charge in [-0.2, -0.15) is 0 Å². The van der Waals surface area contributed by atoms with E-state index in [4.69, 9.17) is 15.6 Å². The van der Waals surface area contributed by atoms with E-state index in [1.54, 1.807) is 12.1 Å². The summed E-state index contributed by atoms with van der Waals surface area (Å²) in [5, 5.41) is 8.55. The molecule has 18 heavy (non-hydrogen) atoms. The number of carbonyl (C=O) groups is 2. The minimum atomic E-state index is -0.352. The number of hydrogen-bond acceptors (Lipinski definition) is 5. The zero-order valence-electron chi connectivity index (χ0n) is 9.76. The van der Waals surface area contributed by atoms with E-state index in [1.165, 1.54) is 6.07 Å². The topological polar surface area (TPSA) is 92.9 Å². The third kappa shape index (κ3) is 2.20. The highest BCUT2D eigenvalue weighted by atomic mass is 16.5. The molecule has 2 amide bonds. The molecule has 2 rings (SSSR count). The fraction of sp³-hybridized carbons (Fsp3) is 0.333. The Labute approximate surface area is 104 Å². The molecule has 0 aromatic heterocycles. The van der Waals surface area contributed by atoms with Crippen molar-refractivity contribution < 1.29 is 19.4 Å². The van der Waals surface area contributed by atoms with Crippen LogP contribution in [0, 0.1) is 0 Å². The quantitative estimate of drug-likeness (QED) is 0.431. The molecule has 0 radical (unpaired) electrons. The highest BCUT2D eigenvalue weighted by Crippen LogP contribution is 2.24. The van der Waals surface area contributed by atoms with Crippen LogP contribution in [0.25, 0.3) is 0 Å². The van der Waals surface area contributed by atoms with Gasteiger partial charge in [0.25, 0.3) is 11.8 Å². The van der Waals surface area contributed by atoms with E-state index in [0.29, 0.717) is 16.8 Å². The van der Waals surface area contributed by atoms with Crippen molar-refractivity contribution in [1.29, 1.82) is 0 Å². The van der Waals surface area contributed by atoms with Gasteiger partial charge in [-0.3, -0.25) is 14.5 Å². The first-order valence-corrected chi connectivity index (χ1v) is 5.59. The maximum atomic E-state index is 12.0. The molecule has 6 heteroatoms. The number of carbonyl (C=O) groups excluding carboxylic acids is 2. The number of anilines is 1. The van der Waals surface area contributed by atoms with Gasteiger partial charge in [0.05, 0.1) is 37.5 Å². The molecular weight excluding hydrogens is 236 g/mol. The standard InChI is InChI=1S/C12H14N2O4/c13-8-1-2-9-10(7-8)12(17)14(11(9)16)3-5-18-6-4-15/h1-2,7,15H,3-6,13H2. The summed E-state index contributed by atoms with van der Waals surface area (Å²) in [5.41, 5.74) is 6.75. The summed E-state index contributed by atoms with van der Waals surface area (Å²) in [6.45, 7) is 0.489. The van der Waals surface area contributed by atoms with Crippen LogP contribution >= 0.6 is 0 Å². The van der Waals surface area contributed by atoms with Crippen molar-refractivity contribution in [2.45, 2.75) is 0 Å². The summed E-state index contributed by atoms with van der Waals surface area (Å²) in [7, 11) is 0. The predicted molar refractivity (Wildman–Crippen MR) is 64.1 cm³/mol. The zero-order valence-corrected chi connectivity index (χ0v) is 9.76. The number of aliphatic hydroxyl groups is 1. The molecule has 1 aromatic rings. The summed E-state index contributed by atoms with van der Waals surface area (Å²) < 4.78 is 5.04. The van der Waals surface area contributed by atoms with Gasteiger partial charge in [-0.25, -0.2) is 0 Å². The van der Waals surface area contributed by atoms with Crippen molar-refractivity contribution >= 4 is 17.5 Å². The van der Waals surface area contributed by atoms with Crippen LogP contribution in [0.15, 0.2) is 18.2 Å². The molecule has 0 aliphatic carbocycles. The Morgan fingerprint density at radius 3 is 2.61 bits per heavy atom. The first-order valence-electron chi connectivity index (χ1n) is 5.59. The van der Waals surface area contributed by atoms with Gasteiger partial charge in [0, 0.05) is 5.69 Å². The van der Waals surface area contributed by atoms with Gasteiger partial charge in [0.15, 0.2) is 0 Å². The monoisotopic (exact) mass is 250 g/mol. The SMILES string of the molecule is Nc1ccc2c(c1)C(=O)N(CCOCCO)C2=O. The summed E-state index contributed by atoms with van der Waals surface area (Å²) in [6, 6.07) is 4.65. The van der Waals surface area contributed by atoms with E-state index in [-0.39, 0.29) is 38.2 Å². The highest BCUT2D eigenvalue weighted by molar-refractivity contribution is 6.21. The molecule has 1 aromatic carbocycles. The number of benzene rings is 1. The zero-order chi connectivity index (χ0) is 13.1. The number of hydrogen-bond donors (Lipinski definition) is 2. The number of rotatable bonds is 5. The summed E-state index contributed by atoms with van der Waals surface area (Å²) in [5.74, 6) is -0.683. The van der Waals surface area contributed by atoms with Crippen molar-refractivity contribution in [3.8, 4) is 0 Å². The summed E-state index contributed by atoms with van der Waals surface area (Å²) >= 11 is 0. The maximum absolute atomic E-state index is 12.0. The molecule has 96 valence electrons. The molecule has 6 nitrogen and oxygen atoms in total. The van der Waals surface area contributed by atoms with Gasteiger partial charge in [0.2, 0.25) is 0 Å². The molecule has 0 bridgehead atoms. The lowest BCUT2D eigenvalue weighted by molar-refractivity contribution is 0.0514. The second kappa shape index (κ2) is 5.16. The predicted octanol–water partition coefficient (Wildman–Crippen LogP) is -0.126. The lowest BCUT2D eigenvalue weighted by Gasteiger charge is -2.13. The van der Waals surface area contributed by atoms with Crippen molar-refractivity contribution in [2.24, 2.45) is 0 Å². The summed E-state index contributed by atoms with van der Waals surface area (Å²) in [6.07, 6.45) is 0. The van der Waals surface area contributed by atoms with E-state index in [1.807, 2.05) is 0 Å². The molecule has 0 saturated carbocycles. The van der Waals surface area contributed by atoms with E-state index < -0.39 is 0 Å². The van der Waals surface area contributed by atoms with Gasteiger partial charge in [-0.1, -0.05) is 0 Å². The van der Waals surface area contributed by atoms with Crippen molar-refractivity contribution in [3.05, 3.63) is 29.3 Å². The van der Waals surface area contributed by atoms with Gasteiger partial charge in [-0.15, -0.1) is 0 Å². The van der Waals surface area contributed by atoms with Crippen molar-refractivity contribution in [1.82, 2.24) is 4.90 Å². The molecular formula is C12H14N2O4. The minimum absolute atomic E-state index is 0.0847. The molecule has 0 unspecified atom stereocenters. The first kappa shape index (κ1) is 12.5. The van der Waals surface area contributed by atoms with Crippen LogP contribution in [0.2, 0.25) is 0 Å². The van der Waals surface area contributed by atoms with E-state index in [2.05, 4.69) is 0 Å². The number of nitrogens with two attached hydrogens (primary N) is 1. The van der Waals surface area contributed by atoms with Crippen LogP contribution in [0.1, 0.15) is 20.7 Å². The Morgan fingerprint density at radius 1 is 1.17 bits per heavy atom. The Hall–Kier alpha value is -1.92. The molecule has 0 saturated heterocycles. The molecule has 0 fully saturated rings. The number of fused-ring (bicyclic) bond motifs is 1. The van der Waals surface area contributed by atoms with Crippen LogP contribution < -0.4 is 5.73 Å². The average Bonchev–Trinajstić information content (AvgIpc) is 2.59. The Morgan fingerprint density at radius 2 is 1.89 bits per heavy atom. The second-order valence-corrected chi connectivity index (χ2v) is 3.90. The first-order chi connectivity index (χ1) is 8.65. The molecule has 1 heterocycles. The number of aliphatic hydroxyl groups excluding tert-OH is 1. The highest BCUT2D eigenvalue weighted by Gasteiger charge is 2.35. The third-order valence-corrected chi connectivity index (χ3v) is 2.69. The van der Waals surface area contributed by atoms with E-state index in [0.717, 1.165) is 4.90 Å². The number of nitrogens with zero attached hydrogens (tertiary/aromatic N) is 1. The Bertz CT molecular complexity index is 487. The van der Waals surface area contributed by atoms with E-state index >= 15 is 0 Å². The van der Waals surface area contributed by atoms with Gasteiger partial charge in [-0.05, 0) is 18.2 Å². The van der Waals surface area contributed by atoms with Crippen LogP contribution in [0.3, 0.4) is 0 Å². The van der Waals surface area contributed by atoms with Crippen LogP contribution in [-0.2, 0) is 4.74 Å². The number of amides is 2. The average molecular weight is 250 g/mol. The largest absolute Gasteiger partial charge is 0.399 e. The lowest BCUT2D eigenvalue weighted by Crippen LogP contribution is -2.33. The van der Waals surface area contributed by atoms with Crippen molar-refractivity contribution in [3.63, 3.8) is 0 Å². The third-order valence-electron chi connectivity index (χ3n) is 2.69. The van der Waals surface area contributed by atoms with Crippen LogP contribution in [0.5, 0.6) is 0 Å². The molecule has 3 N–H and O–H groups in total. The summed E-state index contributed by atoms with van der Waals surface area (Å²) in [4.78, 5) is 25.0. The lowest BCUT2D eigenvalue weighted by atomic mass is 10.1. The number of nitrogen functional groups attached to an aromatic ring is 1. The fourth-order valence-corrected chi connectivity index (χ4v) is 1.83. The molecule has 1 aliphatic heterocycles. The molecule has 1 aliphatic rings. The van der Waals surface area contributed by atoms with Crippen LogP contribution in [-0.4, -0.2) is 48.2 Å². The van der Waals surface area contributed by atoms with Gasteiger partial charge in [0.1, 0.15) is 0 Å². The van der Waals surface area contributed by atoms with Gasteiger partial charge < -0.3 is 15.6 Å². The maximum Gasteiger partial charge on any atom is 0.261 e. The van der Waals surface area contributed by atoms with Gasteiger partial charge >= 0.3 is 0 Å². The normalized spacial score (nSPS) is 14.2. The second-order valence-electron chi connectivity index (χ2n) is 3.90. The van der Waals surface area contributed by atoms with Crippen LogP contribution in [0.4, 0.5) is 5.69 Å². The molecule has 0 atom stereocenters. The minimum Gasteiger partial charge on any atom is -0.399 e. The van der Waals surface area contributed by atoms with E-state index in [9.17, 15) is 9.59 Å². The Kier molecular flexibility index (Phi) is 3.59. The fourth-order valence-electron chi connectivity index (χ4n) is 1.83. The smallest absolute Gasteiger partial charge is 0.261 e. The molecule has 0 spiro atoms. The Balaban J connectivity index is 2.08. The number of imide groups is 1.